The molecule has 2 rings (SSSR count). The number of aliphatic hydroxyl groups excluding tert-OH is 1. The SMILES string of the molecule is CC[C@H](OC)[C@@H](C)[C@H]1O[C@@H]1[C@@H](O)[C@H](C)/C=C/C=C(\C)[C@@H]1O[C@H](OC)[C@H](OC)[C@@H](OC)[C@@H]1OC. The lowest BCUT2D eigenvalue weighted by molar-refractivity contribution is -0.295. The fourth-order valence-corrected chi connectivity index (χ4v) is 4.83. The maximum absolute atomic E-state index is 10.8. The zero-order chi connectivity index (χ0) is 24.7. The Labute approximate surface area is 199 Å². The second-order valence-corrected chi connectivity index (χ2v) is 9.01. The first-order chi connectivity index (χ1) is 15.8. The average Bonchev–Trinajstić information content (AvgIpc) is 3.63. The molecule has 2 fully saturated rings. The Hall–Kier alpha value is -0.840. The van der Waals surface area contributed by atoms with Crippen LogP contribution in [0.2, 0.25) is 0 Å². The molecule has 8 nitrogen and oxygen atoms in total. The van der Waals surface area contributed by atoms with Gasteiger partial charge < -0.3 is 38.3 Å². The minimum absolute atomic E-state index is 0.0295. The minimum Gasteiger partial charge on any atom is -0.390 e. The lowest BCUT2D eigenvalue weighted by Crippen LogP contribution is -2.60. The van der Waals surface area contributed by atoms with E-state index in [0.717, 1.165) is 12.0 Å². The Morgan fingerprint density at radius 1 is 0.909 bits per heavy atom. The highest BCUT2D eigenvalue weighted by Gasteiger charge is 2.50. The number of allylic oxidation sites excluding steroid dienone is 2. The van der Waals surface area contributed by atoms with Gasteiger partial charge in [0.2, 0.25) is 0 Å². The summed E-state index contributed by atoms with van der Waals surface area (Å²) in [5.74, 6) is 0.173. The van der Waals surface area contributed by atoms with Gasteiger partial charge in [0.05, 0.1) is 18.3 Å². The third-order valence-electron chi connectivity index (χ3n) is 7.01. The number of epoxide rings is 1. The summed E-state index contributed by atoms with van der Waals surface area (Å²) in [4.78, 5) is 0. The quantitative estimate of drug-likeness (QED) is 0.323. The molecule has 8 heteroatoms. The third kappa shape index (κ3) is 6.64. The smallest absolute Gasteiger partial charge is 0.186 e. The summed E-state index contributed by atoms with van der Waals surface area (Å²) in [6.45, 7) is 8.18. The molecule has 0 aromatic carbocycles. The molecule has 11 atom stereocenters. The van der Waals surface area contributed by atoms with Crippen molar-refractivity contribution in [2.24, 2.45) is 11.8 Å². The van der Waals surface area contributed by atoms with E-state index in [0.29, 0.717) is 0 Å². The van der Waals surface area contributed by atoms with E-state index in [1.807, 2.05) is 32.1 Å². The molecule has 2 aliphatic rings. The molecular weight excluding hydrogens is 428 g/mol. The normalized spacial score (nSPS) is 36.5. The van der Waals surface area contributed by atoms with Crippen molar-refractivity contribution in [3.8, 4) is 0 Å². The van der Waals surface area contributed by atoms with Crippen molar-refractivity contribution >= 4 is 0 Å². The van der Waals surface area contributed by atoms with Gasteiger partial charge in [-0.1, -0.05) is 39.0 Å². The molecule has 2 aliphatic heterocycles. The van der Waals surface area contributed by atoms with Crippen LogP contribution in [0.3, 0.4) is 0 Å². The van der Waals surface area contributed by atoms with Crippen LogP contribution in [0.1, 0.15) is 34.1 Å². The first kappa shape index (κ1) is 28.4. The van der Waals surface area contributed by atoms with Gasteiger partial charge >= 0.3 is 0 Å². The van der Waals surface area contributed by atoms with E-state index in [2.05, 4.69) is 13.8 Å². The van der Waals surface area contributed by atoms with Crippen LogP contribution in [0.15, 0.2) is 23.8 Å². The van der Waals surface area contributed by atoms with Gasteiger partial charge in [-0.2, -0.15) is 0 Å². The van der Waals surface area contributed by atoms with Crippen molar-refractivity contribution in [1.82, 2.24) is 0 Å². The van der Waals surface area contributed by atoms with Gasteiger partial charge in [-0.25, -0.2) is 0 Å². The van der Waals surface area contributed by atoms with E-state index >= 15 is 0 Å². The topological polar surface area (TPSA) is 88.1 Å². The van der Waals surface area contributed by atoms with Crippen LogP contribution in [0.4, 0.5) is 0 Å². The highest BCUT2D eigenvalue weighted by atomic mass is 16.7. The van der Waals surface area contributed by atoms with Crippen molar-refractivity contribution in [2.45, 2.75) is 89.2 Å². The zero-order valence-electron chi connectivity index (χ0n) is 21.6. The number of rotatable bonds is 13. The maximum Gasteiger partial charge on any atom is 0.186 e. The summed E-state index contributed by atoms with van der Waals surface area (Å²) in [6.07, 6.45) is 4.20. The lowest BCUT2D eigenvalue weighted by atomic mass is 9.91. The summed E-state index contributed by atoms with van der Waals surface area (Å²) < 4.78 is 39.9. The van der Waals surface area contributed by atoms with Gasteiger partial charge in [-0.15, -0.1) is 0 Å². The number of aliphatic hydroxyl groups is 1. The van der Waals surface area contributed by atoms with Crippen LogP contribution >= 0.6 is 0 Å². The molecule has 2 saturated heterocycles. The number of hydrogen-bond acceptors (Lipinski definition) is 8. The second-order valence-electron chi connectivity index (χ2n) is 9.01. The molecular formula is C25H44O8. The predicted octanol–water partition coefficient (Wildman–Crippen LogP) is 2.73. The third-order valence-corrected chi connectivity index (χ3v) is 7.01. The molecule has 2 heterocycles. The van der Waals surface area contributed by atoms with E-state index in [1.54, 1.807) is 35.5 Å². The Morgan fingerprint density at radius 3 is 2.06 bits per heavy atom. The standard InChI is InChI=1S/C25H44O8/c1-10-17(27-5)16(4)20-21(32-20)18(26)14(2)12-11-13-15(3)19-22(28-6)23(29-7)24(30-8)25(31-9)33-19/h11-14,16-26H,10H2,1-9H3/b12-11+,15-13+/t14-,16-,17+,18+,19+,20-,21-,22-,23+,24-,25+/m1/s1. The van der Waals surface area contributed by atoms with E-state index in [-0.39, 0.29) is 48.5 Å². The first-order valence-electron chi connectivity index (χ1n) is 11.8. The van der Waals surface area contributed by atoms with Crippen LogP contribution < -0.4 is 0 Å². The van der Waals surface area contributed by atoms with Crippen LogP contribution in [0, 0.1) is 11.8 Å². The highest BCUT2D eigenvalue weighted by molar-refractivity contribution is 5.19. The van der Waals surface area contributed by atoms with E-state index in [9.17, 15) is 5.11 Å². The molecule has 0 aromatic heterocycles. The average molecular weight is 473 g/mol. The molecule has 0 unspecified atom stereocenters. The monoisotopic (exact) mass is 472 g/mol. The summed E-state index contributed by atoms with van der Waals surface area (Å²) in [6, 6.07) is 0. The second kappa shape index (κ2) is 13.3. The van der Waals surface area contributed by atoms with Crippen LogP contribution in [-0.4, -0.2) is 95.8 Å². The summed E-state index contributed by atoms with van der Waals surface area (Å²) in [7, 11) is 8.17. The van der Waals surface area contributed by atoms with Gasteiger partial charge in [0.15, 0.2) is 6.29 Å². The largest absolute Gasteiger partial charge is 0.390 e. The van der Waals surface area contributed by atoms with Crippen molar-refractivity contribution in [1.29, 1.82) is 0 Å². The molecule has 0 saturated carbocycles. The highest BCUT2D eigenvalue weighted by Crippen LogP contribution is 2.37. The first-order valence-corrected chi connectivity index (χ1v) is 11.8. The fraction of sp³-hybridized carbons (Fsp3) is 0.840. The molecule has 0 spiro atoms. The van der Waals surface area contributed by atoms with Gasteiger partial charge in [0.25, 0.3) is 0 Å². The predicted molar refractivity (Wildman–Crippen MR) is 125 cm³/mol. The van der Waals surface area contributed by atoms with Crippen molar-refractivity contribution in [3.05, 3.63) is 23.8 Å². The zero-order valence-corrected chi connectivity index (χ0v) is 21.6. The van der Waals surface area contributed by atoms with Gasteiger partial charge in [-0.3, -0.25) is 0 Å². The van der Waals surface area contributed by atoms with Gasteiger partial charge in [-0.05, 0) is 18.9 Å². The molecule has 0 radical (unpaired) electrons. The molecule has 33 heavy (non-hydrogen) atoms. The summed E-state index contributed by atoms with van der Waals surface area (Å²) in [5, 5.41) is 10.8. The van der Waals surface area contributed by atoms with E-state index < -0.39 is 18.5 Å². The van der Waals surface area contributed by atoms with Crippen molar-refractivity contribution < 1.29 is 38.3 Å². The molecule has 0 aromatic rings. The summed E-state index contributed by atoms with van der Waals surface area (Å²) >= 11 is 0. The molecule has 0 bridgehead atoms. The van der Waals surface area contributed by atoms with Crippen LogP contribution in [-0.2, 0) is 33.2 Å². The van der Waals surface area contributed by atoms with E-state index in [4.69, 9.17) is 33.2 Å². The summed E-state index contributed by atoms with van der Waals surface area (Å²) in [5.41, 5.74) is 0.957. The fourth-order valence-electron chi connectivity index (χ4n) is 4.83. The Morgan fingerprint density at radius 2 is 1.55 bits per heavy atom. The number of ether oxygens (including phenoxy) is 7. The molecule has 192 valence electrons. The van der Waals surface area contributed by atoms with Crippen molar-refractivity contribution in [2.75, 3.05) is 35.5 Å². The van der Waals surface area contributed by atoms with Crippen LogP contribution in [0.25, 0.3) is 0 Å². The van der Waals surface area contributed by atoms with E-state index in [1.165, 1.54) is 0 Å². The lowest BCUT2D eigenvalue weighted by Gasteiger charge is -2.44. The van der Waals surface area contributed by atoms with Gasteiger partial charge in [0, 0.05) is 47.4 Å². The molecule has 1 N–H and O–H groups in total. The Bertz CT molecular complexity index is 634. The van der Waals surface area contributed by atoms with Crippen LogP contribution in [0.5, 0.6) is 0 Å². The number of hydrogen-bond donors (Lipinski definition) is 1. The number of methoxy groups -OCH3 is 5. The van der Waals surface area contributed by atoms with Crippen molar-refractivity contribution in [3.63, 3.8) is 0 Å². The molecule has 0 aliphatic carbocycles. The minimum atomic E-state index is -0.576. The molecule has 0 amide bonds. The Balaban J connectivity index is 2.02. The van der Waals surface area contributed by atoms with Gasteiger partial charge in [0.1, 0.15) is 30.5 Å². The Kier molecular flexibility index (Phi) is 11.4. The maximum atomic E-state index is 10.8.